The summed E-state index contributed by atoms with van der Waals surface area (Å²) < 4.78 is 11.7. The van der Waals surface area contributed by atoms with Crippen LogP contribution in [0.2, 0.25) is 0 Å². The number of hydrogen-bond donors (Lipinski definition) is 5. The molecular formula is C74H125N13O15. The second-order valence-corrected chi connectivity index (χ2v) is 29.6. The Morgan fingerprint density at radius 3 is 1.56 bits per heavy atom. The van der Waals surface area contributed by atoms with Gasteiger partial charge in [-0.25, -0.2) is 0 Å². The zero-order valence-corrected chi connectivity index (χ0v) is 64.5. The topological polar surface area (TPSA) is 321 Å². The number of ether oxygens (including phenoxy) is 2. The third-order valence-electron chi connectivity index (χ3n) is 19.8. The number of morpholine rings is 1. The van der Waals surface area contributed by atoms with Crippen molar-refractivity contribution in [1.82, 2.24) is 65.4 Å². The summed E-state index contributed by atoms with van der Waals surface area (Å²) in [4.78, 5) is 193. The fourth-order valence-corrected chi connectivity index (χ4v) is 13.3. The number of aliphatic hydroxyl groups excluding tert-OH is 1. The fourth-order valence-electron chi connectivity index (χ4n) is 13.3. The van der Waals surface area contributed by atoms with E-state index in [9.17, 15) is 29.1 Å². The highest BCUT2D eigenvalue weighted by Gasteiger charge is 2.44. The molecular weight excluding hydrogens is 1310 g/mol. The third-order valence-corrected chi connectivity index (χ3v) is 19.8. The maximum absolute atomic E-state index is 15.4. The van der Waals surface area contributed by atoms with Crippen molar-refractivity contribution < 1.29 is 72.1 Å². The molecule has 102 heavy (non-hydrogen) atoms. The molecule has 576 valence electrons. The van der Waals surface area contributed by atoms with E-state index < -0.39 is 156 Å². The summed E-state index contributed by atoms with van der Waals surface area (Å²) in [6, 6.07) is -4.45. The van der Waals surface area contributed by atoms with Gasteiger partial charge in [-0.05, 0) is 93.9 Å². The molecule has 0 bridgehead atoms. The number of likely N-dealkylation sites (tertiary alicyclic amines) is 1. The van der Waals surface area contributed by atoms with Gasteiger partial charge in [-0.1, -0.05) is 113 Å². The predicted octanol–water partition coefficient (Wildman–Crippen LogP) is 2.52. The lowest BCUT2D eigenvalue weighted by Gasteiger charge is -2.38. The molecule has 28 nitrogen and oxygen atoms in total. The number of nitrogens with one attached hydrogen (secondary N) is 4. The number of carbonyl (C=O) groups excluding carboxylic acids is 12. The second-order valence-electron chi connectivity index (χ2n) is 29.6. The van der Waals surface area contributed by atoms with Crippen molar-refractivity contribution in [2.45, 2.75) is 227 Å². The van der Waals surface area contributed by atoms with Crippen molar-refractivity contribution in [1.29, 1.82) is 0 Å². The SMILES string of the molecule is CCCCN1CC(=O)N(C)[C@@H](CC(C)C)C(=O)N[C@H](C(=O)N2CCCCC2)CC(=O)N(C)[C@@H](CC)C(=O)NC(COCCN2CCOCC2)C(=O)N(C)[C@@H](CC(C)C)C(=O)N(C)[C@@H](CC)C(=O)N[C@@H](C(C)C)C(=O)N(C)[C@@H](Cc2ccccc2)C(=O)N(C)[C@@H](CC(C)C)C(=O)N[C@@H]([C@@H](C)O)C1=O. The number of benzene rings is 1. The molecule has 4 rings (SSSR count). The Balaban J connectivity index is 1.96. The first-order valence-electron chi connectivity index (χ1n) is 37.1. The maximum Gasteiger partial charge on any atom is 0.248 e. The van der Waals surface area contributed by atoms with Gasteiger partial charge in [0.25, 0.3) is 0 Å². The van der Waals surface area contributed by atoms with E-state index in [2.05, 4.69) is 26.2 Å². The molecule has 1 unspecified atom stereocenters. The Bertz CT molecular complexity index is 2920. The van der Waals surface area contributed by atoms with Crippen LogP contribution in [0.4, 0.5) is 0 Å². The summed E-state index contributed by atoms with van der Waals surface area (Å²) in [6.07, 6.45) is 1.28. The number of unbranched alkanes of at least 4 members (excludes halogenated alkanes) is 1. The molecule has 3 aliphatic rings. The second kappa shape index (κ2) is 42.5. The molecule has 1 aromatic carbocycles. The van der Waals surface area contributed by atoms with Gasteiger partial charge >= 0.3 is 0 Å². The molecule has 28 heteroatoms. The largest absolute Gasteiger partial charge is 0.391 e. The average molecular weight is 1440 g/mol. The van der Waals surface area contributed by atoms with Gasteiger partial charge in [-0.2, -0.15) is 0 Å². The lowest BCUT2D eigenvalue weighted by Crippen LogP contribution is -2.62. The molecule has 0 spiro atoms. The number of hydrogen-bond acceptors (Lipinski definition) is 16. The fraction of sp³-hybridized carbons (Fsp3) is 0.757. The Hall–Kier alpha value is -7.30. The lowest BCUT2D eigenvalue weighted by atomic mass is 9.96. The minimum Gasteiger partial charge on any atom is -0.391 e. The van der Waals surface area contributed by atoms with Crippen molar-refractivity contribution in [3.8, 4) is 0 Å². The van der Waals surface area contributed by atoms with Crippen LogP contribution < -0.4 is 21.3 Å². The molecule has 11 atom stereocenters. The van der Waals surface area contributed by atoms with Gasteiger partial charge in [-0.3, -0.25) is 62.4 Å². The molecule has 3 fully saturated rings. The first-order valence-corrected chi connectivity index (χ1v) is 37.1. The summed E-state index contributed by atoms with van der Waals surface area (Å²) in [6.45, 7) is 23.9. The standard InChI is InChI=1S/C74H125N13O15/c1-19-22-31-87-45-62(90)80(14)57(40-47(4)5)67(93)75-53(70(96)86-32-27-24-28-33-86)44-61(89)79(13)55(20-2)65(91)76-54(46-102-39-36-85-34-37-101-38-35-85)69(95)83(17)59(42-49(8)9)71(97)81(15)56(21-3)66(92)77-63(50(10)11)73(99)84(18)60(43-52-29-25-23-26-30-52)72(98)82(16)58(41-48(6)7)68(94)78-64(51(12)88)74(87)100/h23,25-26,29-30,47-51,53-60,63-64,88H,19-22,24,27-28,31-46H2,1-18H3,(H,75,93)(H,76,91)(H,77,92)(H,78,94)/t51-,53+,54?,55+,56+,57+,58+,59+,60+,63+,64+/m1/s1. The smallest absolute Gasteiger partial charge is 0.248 e. The highest BCUT2D eigenvalue weighted by atomic mass is 16.5. The van der Waals surface area contributed by atoms with Gasteiger partial charge < -0.3 is 75.0 Å². The van der Waals surface area contributed by atoms with Crippen LogP contribution in [0.15, 0.2) is 30.3 Å². The van der Waals surface area contributed by atoms with Crippen molar-refractivity contribution in [3.05, 3.63) is 35.9 Å². The van der Waals surface area contributed by atoms with Gasteiger partial charge in [0.05, 0.1) is 45.5 Å². The van der Waals surface area contributed by atoms with E-state index in [0.717, 1.165) is 11.3 Å². The number of piperidine rings is 1. The highest BCUT2D eigenvalue weighted by Crippen LogP contribution is 2.24. The minimum atomic E-state index is -1.66. The summed E-state index contributed by atoms with van der Waals surface area (Å²) in [5, 5.41) is 22.8. The van der Waals surface area contributed by atoms with Crippen LogP contribution in [-0.4, -0.2) is 301 Å². The van der Waals surface area contributed by atoms with E-state index in [-0.39, 0.29) is 76.0 Å². The molecule has 0 radical (unpaired) electrons. The molecule has 0 aliphatic carbocycles. The zero-order chi connectivity index (χ0) is 76.4. The molecule has 3 aliphatic heterocycles. The van der Waals surface area contributed by atoms with Crippen LogP contribution in [0.25, 0.3) is 0 Å². The summed E-state index contributed by atoms with van der Waals surface area (Å²) >= 11 is 0. The molecule has 5 N–H and O–H groups in total. The van der Waals surface area contributed by atoms with Crippen LogP contribution in [0.5, 0.6) is 0 Å². The van der Waals surface area contributed by atoms with Crippen molar-refractivity contribution in [2.24, 2.45) is 23.7 Å². The first kappa shape index (κ1) is 87.1. The number of likely N-dealkylation sites (N-methyl/N-ethyl adjacent to an activating group) is 6. The Morgan fingerprint density at radius 1 is 0.529 bits per heavy atom. The number of carbonyl (C=O) groups is 12. The molecule has 0 saturated carbocycles. The Labute approximate surface area is 606 Å². The summed E-state index contributed by atoms with van der Waals surface area (Å²) in [5.41, 5.74) is 0.660. The van der Waals surface area contributed by atoms with E-state index in [0.29, 0.717) is 77.2 Å². The highest BCUT2D eigenvalue weighted by molar-refractivity contribution is 6.00. The number of aliphatic hydroxyl groups is 1. The van der Waals surface area contributed by atoms with E-state index >= 15 is 33.6 Å². The zero-order valence-electron chi connectivity index (χ0n) is 64.5. The Morgan fingerprint density at radius 2 is 1.01 bits per heavy atom. The van der Waals surface area contributed by atoms with Crippen molar-refractivity contribution >= 4 is 70.9 Å². The molecule has 3 saturated heterocycles. The molecule has 3 heterocycles. The minimum absolute atomic E-state index is 0.00906. The normalized spacial score (nSPS) is 25.9. The van der Waals surface area contributed by atoms with Crippen LogP contribution in [0, 0.1) is 23.7 Å². The number of rotatable bonds is 21. The van der Waals surface area contributed by atoms with Gasteiger partial charge in [0, 0.05) is 88.0 Å². The molecule has 0 aromatic heterocycles. The predicted molar refractivity (Wildman–Crippen MR) is 387 cm³/mol. The van der Waals surface area contributed by atoms with Crippen molar-refractivity contribution in [3.63, 3.8) is 0 Å². The monoisotopic (exact) mass is 1440 g/mol. The van der Waals surface area contributed by atoms with Crippen molar-refractivity contribution in [2.75, 3.05) is 115 Å². The van der Waals surface area contributed by atoms with Gasteiger partial charge in [0.1, 0.15) is 60.4 Å². The van der Waals surface area contributed by atoms with Gasteiger partial charge in [0.2, 0.25) is 70.9 Å². The third kappa shape index (κ3) is 25.3. The van der Waals surface area contributed by atoms with Gasteiger partial charge in [-0.15, -0.1) is 0 Å². The number of nitrogens with zero attached hydrogens (tertiary/aromatic N) is 9. The maximum atomic E-state index is 15.4. The molecule has 12 amide bonds. The quantitative estimate of drug-likeness (QED) is 0.110. The summed E-state index contributed by atoms with van der Waals surface area (Å²) in [7, 11) is 8.53. The van der Waals surface area contributed by atoms with E-state index in [1.807, 2.05) is 48.5 Å². The average Bonchev–Trinajstić information content (AvgIpc) is 0.815. The lowest BCUT2D eigenvalue weighted by molar-refractivity contribution is -0.152. The van der Waals surface area contributed by atoms with E-state index in [1.165, 1.54) is 78.6 Å². The van der Waals surface area contributed by atoms with E-state index in [4.69, 9.17) is 9.47 Å². The van der Waals surface area contributed by atoms with E-state index in [1.54, 1.807) is 62.9 Å². The van der Waals surface area contributed by atoms with Crippen LogP contribution in [0.1, 0.15) is 159 Å². The molecule has 1 aromatic rings. The Kier molecular flexibility index (Phi) is 36.3. The van der Waals surface area contributed by atoms with Crippen LogP contribution >= 0.6 is 0 Å². The van der Waals surface area contributed by atoms with Gasteiger partial charge in [0.15, 0.2) is 0 Å². The summed E-state index contributed by atoms with van der Waals surface area (Å²) in [5.74, 6) is -9.73. The first-order chi connectivity index (χ1) is 48.1. The van der Waals surface area contributed by atoms with Crippen LogP contribution in [0.3, 0.4) is 0 Å². The number of amides is 12. The van der Waals surface area contributed by atoms with Crippen LogP contribution in [-0.2, 0) is 73.4 Å².